The van der Waals surface area contributed by atoms with Gasteiger partial charge in [0, 0.05) is 30.3 Å². The van der Waals surface area contributed by atoms with Crippen molar-refractivity contribution in [1.29, 1.82) is 0 Å². The van der Waals surface area contributed by atoms with Crippen LogP contribution in [0.3, 0.4) is 0 Å². The van der Waals surface area contributed by atoms with Gasteiger partial charge in [-0.05, 0) is 50.6 Å². The molecule has 9 nitrogen and oxygen atoms in total. The Kier molecular flexibility index (Phi) is 7.05. The topological polar surface area (TPSA) is 112 Å². The third-order valence-electron chi connectivity index (χ3n) is 5.89. The molecular weight excluding hydrogens is 440 g/mol. The van der Waals surface area contributed by atoms with Crippen molar-refractivity contribution in [2.24, 2.45) is 0 Å². The van der Waals surface area contributed by atoms with Crippen molar-refractivity contribution in [3.8, 4) is 17.0 Å². The number of H-pyrrole nitrogens is 1. The van der Waals surface area contributed by atoms with Crippen LogP contribution < -0.4 is 15.4 Å². The van der Waals surface area contributed by atoms with Gasteiger partial charge in [0.25, 0.3) is 0 Å². The van der Waals surface area contributed by atoms with E-state index >= 15 is 0 Å². The van der Waals surface area contributed by atoms with E-state index in [9.17, 15) is 9.59 Å². The second-order valence-corrected chi connectivity index (χ2v) is 9.00. The molecule has 3 aromatic rings. The molecule has 0 spiro atoms. The van der Waals surface area contributed by atoms with Crippen LogP contribution in [0.5, 0.6) is 5.75 Å². The number of rotatable bonds is 7. The van der Waals surface area contributed by atoms with Crippen LogP contribution in [-0.2, 0) is 9.59 Å². The number of thiazole rings is 1. The van der Waals surface area contributed by atoms with Crippen molar-refractivity contribution < 1.29 is 14.3 Å². The monoisotopic (exact) mass is 468 g/mol. The zero-order valence-corrected chi connectivity index (χ0v) is 19.7. The molecule has 2 amide bonds. The maximum Gasteiger partial charge on any atom is 0.243 e. The van der Waals surface area contributed by atoms with Gasteiger partial charge in [-0.15, -0.1) is 11.3 Å². The molecule has 3 heterocycles. The van der Waals surface area contributed by atoms with Crippen LogP contribution in [0, 0.1) is 0 Å². The number of nitrogens with zero attached hydrogens (tertiary/aromatic N) is 3. The first kappa shape index (κ1) is 22.9. The maximum atomic E-state index is 13.0. The molecule has 1 saturated heterocycles. The van der Waals surface area contributed by atoms with Crippen molar-refractivity contribution >= 4 is 34.0 Å². The van der Waals surface area contributed by atoms with Gasteiger partial charge in [-0.25, -0.2) is 4.98 Å². The molecule has 174 valence electrons. The number of aromatic amines is 1. The van der Waals surface area contributed by atoms with Gasteiger partial charge in [0.2, 0.25) is 11.8 Å². The van der Waals surface area contributed by atoms with E-state index in [2.05, 4.69) is 30.7 Å². The van der Waals surface area contributed by atoms with E-state index in [1.165, 1.54) is 18.3 Å². The summed E-state index contributed by atoms with van der Waals surface area (Å²) < 4.78 is 5.20. The number of hydrogen-bond acceptors (Lipinski definition) is 7. The first-order valence-electron chi connectivity index (χ1n) is 10.9. The Hall–Kier alpha value is -3.24. The second-order valence-electron chi connectivity index (χ2n) is 8.14. The zero-order valence-electron chi connectivity index (χ0n) is 18.9. The van der Waals surface area contributed by atoms with Gasteiger partial charge < -0.3 is 15.4 Å². The SMILES string of the molecule is COc1ccc(-c2csc(NC(=O)C(C)N3CCCC(c4[nH]ncc4NC(C)=O)C3)n2)cc1. The van der Waals surface area contributed by atoms with Crippen LogP contribution in [0.25, 0.3) is 11.3 Å². The molecule has 10 heteroatoms. The van der Waals surface area contributed by atoms with E-state index in [-0.39, 0.29) is 23.8 Å². The van der Waals surface area contributed by atoms with Gasteiger partial charge in [-0.2, -0.15) is 5.10 Å². The molecule has 0 bridgehead atoms. The molecule has 4 rings (SSSR count). The molecule has 0 saturated carbocycles. The van der Waals surface area contributed by atoms with Crippen molar-refractivity contribution in [3.05, 3.63) is 41.5 Å². The normalized spacial score (nSPS) is 17.4. The lowest BCUT2D eigenvalue weighted by atomic mass is 9.93. The first-order valence-corrected chi connectivity index (χ1v) is 11.8. The number of amides is 2. The van der Waals surface area contributed by atoms with Gasteiger partial charge in [0.1, 0.15) is 5.75 Å². The fourth-order valence-electron chi connectivity index (χ4n) is 4.09. The molecule has 0 aliphatic carbocycles. The molecule has 0 radical (unpaired) electrons. The van der Waals surface area contributed by atoms with Gasteiger partial charge >= 0.3 is 0 Å². The number of carbonyl (C=O) groups excluding carboxylic acids is 2. The summed E-state index contributed by atoms with van der Waals surface area (Å²) in [6.45, 7) is 4.94. The quantitative estimate of drug-likeness (QED) is 0.487. The number of benzene rings is 1. The number of anilines is 2. The third kappa shape index (κ3) is 5.40. The molecule has 2 atom stereocenters. The van der Waals surface area contributed by atoms with Crippen LogP contribution in [0.4, 0.5) is 10.8 Å². The van der Waals surface area contributed by atoms with Crippen molar-refractivity contribution in [1.82, 2.24) is 20.1 Å². The maximum absolute atomic E-state index is 13.0. The van der Waals surface area contributed by atoms with Gasteiger partial charge in [-0.1, -0.05) is 0 Å². The minimum Gasteiger partial charge on any atom is -0.497 e. The molecule has 1 fully saturated rings. The van der Waals surface area contributed by atoms with Crippen molar-refractivity contribution in [2.75, 3.05) is 30.8 Å². The standard InChI is InChI=1S/C23H28N6O3S/c1-14(29-10-4-5-17(12-29)21-19(11-24-28-21)25-15(2)30)22(31)27-23-26-20(13-33-23)16-6-8-18(32-3)9-7-16/h6-9,11,13-14,17H,4-5,10,12H2,1-3H3,(H,24,28)(H,25,30)(H,26,27,31). The number of piperidine rings is 1. The van der Waals surface area contributed by atoms with Crippen LogP contribution in [0.15, 0.2) is 35.8 Å². The molecule has 2 aromatic heterocycles. The largest absolute Gasteiger partial charge is 0.497 e. The minimum absolute atomic E-state index is 0.0852. The Balaban J connectivity index is 1.38. The summed E-state index contributed by atoms with van der Waals surface area (Å²) >= 11 is 1.41. The first-order chi connectivity index (χ1) is 15.9. The summed E-state index contributed by atoms with van der Waals surface area (Å²) in [6.07, 6.45) is 3.56. The number of methoxy groups -OCH3 is 1. The van der Waals surface area contributed by atoms with E-state index in [4.69, 9.17) is 4.74 Å². The molecule has 1 aliphatic heterocycles. The van der Waals surface area contributed by atoms with E-state index in [0.29, 0.717) is 17.4 Å². The Bertz CT molecular complexity index is 1110. The molecule has 2 unspecified atom stereocenters. The lowest BCUT2D eigenvalue weighted by molar-refractivity contribution is -0.121. The lowest BCUT2D eigenvalue weighted by Gasteiger charge is -2.35. The Morgan fingerprint density at radius 1 is 1.27 bits per heavy atom. The number of nitrogens with one attached hydrogen (secondary N) is 3. The number of hydrogen-bond donors (Lipinski definition) is 3. The highest BCUT2D eigenvalue weighted by atomic mass is 32.1. The highest BCUT2D eigenvalue weighted by molar-refractivity contribution is 7.14. The fraction of sp³-hybridized carbons (Fsp3) is 0.391. The molecule has 3 N–H and O–H groups in total. The van der Waals surface area contributed by atoms with Crippen molar-refractivity contribution in [3.63, 3.8) is 0 Å². The van der Waals surface area contributed by atoms with E-state index in [1.807, 2.05) is 36.6 Å². The Labute approximate surface area is 196 Å². The summed E-state index contributed by atoms with van der Waals surface area (Å²) in [5, 5.41) is 15.4. The number of likely N-dealkylation sites (tertiary alicyclic amines) is 1. The predicted octanol–water partition coefficient (Wildman–Crippen LogP) is 3.71. The van der Waals surface area contributed by atoms with Crippen LogP contribution >= 0.6 is 11.3 Å². The second kappa shape index (κ2) is 10.1. The third-order valence-corrected chi connectivity index (χ3v) is 6.65. The highest BCUT2D eigenvalue weighted by Crippen LogP contribution is 2.31. The Morgan fingerprint density at radius 3 is 2.79 bits per heavy atom. The Morgan fingerprint density at radius 2 is 2.06 bits per heavy atom. The van der Waals surface area contributed by atoms with Crippen molar-refractivity contribution in [2.45, 2.75) is 38.6 Å². The van der Waals surface area contributed by atoms with Crippen LogP contribution in [0.2, 0.25) is 0 Å². The summed E-state index contributed by atoms with van der Waals surface area (Å²) in [4.78, 5) is 31.2. The molecule has 1 aliphatic rings. The summed E-state index contributed by atoms with van der Waals surface area (Å²) in [6, 6.07) is 7.35. The van der Waals surface area contributed by atoms with Gasteiger partial charge in [0.05, 0.1) is 36.4 Å². The molecule has 33 heavy (non-hydrogen) atoms. The average Bonchev–Trinajstić information content (AvgIpc) is 3.48. The summed E-state index contributed by atoms with van der Waals surface area (Å²) in [5.41, 5.74) is 3.40. The van der Waals surface area contributed by atoms with Gasteiger partial charge in [-0.3, -0.25) is 19.6 Å². The number of aromatic nitrogens is 3. The van der Waals surface area contributed by atoms with E-state index < -0.39 is 0 Å². The minimum atomic E-state index is -0.312. The average molecular weight is 469 g/mol. The number of carbonyl (C=O) groups is 2. The summed E-state index contributed by atoms with van der Waals surface area (Å²) in [5.74, 6) is 0.740. The zero-order chi connectivity index (χ0) is 23.4. The van der Waals surface area contributed by atoms with Crippen LogP contribution in [0.1, 0.15) is 38.3 Å². The number of ether oxygens (including phenoxy) is 1. The smallest absolute Gasteiger partial charge is 0.243 e. The van der Waals surface area contributed by atoms with E-state index in [1.54, 1.807) is 13.3 Å². The predicted molar refractivity (Wildman–Crippen MR) is 129 cm³/mol. The van der Waals surface area contributed by atoms with E-state index in [0.717, 1.165) is 42.1 Å². The molecular formula is C23H28N6O3S. The lowest BCUT2D eigenvalue weighted by Crippen LogP contribution is -2.46. The summed E-state index contributed by atoms with van der Waals surface area (Å²) in [7, 11) is 1.63. The fourth-order valence-corrected chi connectivity index (χ4v) is 4.81. The molecule has 1 aromatic carbocycles. The highest BCUT2D eigenvalue weighted by Gasteiger charge is 2.30. The van der Waals surface area contributed by atoms with Gasteiger partial charge in [0.15, 0.2) is 5.13 Å². The van der Waals surface area contributed by atoms with Crippen LogP contribution in [-0.4, -0.2) is 58.1 Å².